The summed E-state index contributed by atoms with van der Waals surface area (Å²) in [5.41, 5.74) is 0. The van der Waals surface area contributed by atoms with E-state index in [1.807, 2.05) is 0 Å². The summed E-state index contributed by atoms with van der Waals surface area (Å²) in [6.45, 7) is 6.73. The number of rotatable bonds is 71. The van der Waals surface area contributed by atoms with E-state index in [9.17, 15) is 14.4 Å². The van der Waals surface area contributed by atoms with Gasteiger partial charge in [0, 0.05) is 19.3 Å². The average molecular weight is 1160 g/mol. The SMILES string of the molecule is CCCCCCCC/C=C\CCCCCCCC(=O)OCC(COC(=O)CCCCCCCCCCCCCCCCCCCCCCCCCCCCCCCC)OC(=O)CCCCCCCCCCCCCCCCCCCCC. The third-order valence-corrected chi connectivity index (χ3v) is 17.5. The molecule has 6 nitrogen and oxygen atoms in total. The van der Waals surface area contributed by atoms with Crippen LogP contribution >= 0.6 is 0 Å². The summed E-state index contributed by atoms with van der Waals surface area (Å²) in [5.74, 6) is -0.836. The molecule has 82 heavy (non-hydrogen) atoms. The molecule has 0 N–H and O–H groups in total. The number of carbonyl (C=O) groups is 3. The Balaban J connectivity index is 4.16. The Labute approximate surface area is 513 Å². The first-order valence-electron chi connectivity index (χ1n) is 37.7. The van der Waals surface area contributed by atoms with E-state index < -0.39 is 6.10 Å². The van der Waals surface area contributed by atoms with Gasteiger partial charge in [-0.25, -0.2) is 0 Å². The number of carbonyl (C=O) groups excluding carboxylic acids is 3. The number of allylic oxidation sites excluding steroid dienone is 2. The number of esters is 3. The van der Waals surface area contributed by atoms with Gasteiger partial charge in [-0.2, -0.15) is 0 Å². The second kappa shape index (κ2) is 71.6. The molecule has 0 fully saturated rings. The molecule has 0 radical (unpaired) electrons. The second-order valence-corrected chi connectivity index (χ2v) is 25.9. The van der Waals surface area contributed by atoms with Gasteiger partial charge in [0.2, 0.25) is 0 Å². The monoisotopic (exact) mass is 1160 g/mol. The quantitative estimate of drug-likeness (QED) is 0.0261. The third-order valence-electron chi connectivity index (χ3n) is 17.5. The molecule has 0 aliphatic rings. The summed E-state index contributed by atoms with van der Waals surface area (Å²) in [5, 5.41) is 0. The summed E-state index contributed by atoms with van der Waals surface area (Å²) < 4.78 is 17.0. The third kappa shape index (κ3) is 68.9. The van der Waals surface area contributed by atoms with Crippen molar-refractivity contribution >= 4 is 17.9 Å². The molecule has 0 bridgehead atoms. The van der Waals surface area contributed by atoms with Crippen LogP contribution in [0.1, 0.15) is 438 Å². The van der Waals surface area contributed by atoms with Gasteiger partial charge in [0.15, 0.2) is 6.10 Å². The summed E-state index contributed by atoms with van der Waals surface area (Å²) in [6, 6.07) is 0. The van der Waals surface area contributed by atoms with E-state index in [0.717, 1.165) is 64.2 Å². The molecule has 0 aromatic heterocycles. The zero-order valence-corrected chi connectivity index (χ0v) is 56.1. The first-order chi connectivity index (χ1) is 40.5. The van der Waals surface area contributed by atoms with Crippen LogP contribution in [0, 0.1) is 0 Å². The Morgan fingerprint density at radius 2 is 0.402 bits per heavy atom. The van der Waals surface area contributed by atoms with Gasteiger partial charge in [-0.1, -0.05) is 386 Å². The molecule has 1 unspecified atom stereocenters. The fourth-order valence-corrected chi connectivity index (χ4v) is 11.9. The summed E-state index contributed by atoms with van der Waals surface area (Å²) in [4.78, 5) is 38.5. The Morgan fingerprint density at radius 1 is 0.232 bits per heavy atom. The lowest BCUT2D eigenvalue weighted by Gasteiger charge is -2.18. The molecule has 0 amide bonds. The van der Waals surface area contributed by atoms with Crippen LogP contribution in [0.2, 0.25) is 0 Å². The van der Waals surface area contributed by atoms with Crippen LogP contribution < -0.4 is 0 Å². The summed E-state index contributed by atoms with van der Waals surface area (Å²) >= 11 is 0. The Bertz CT molecular complexity index is 1280. The van der Waals surface area contributed by atoms with Gasteiger partial charge < -0.3 is 14.2 Å². The highest BCUT2D eigenvalue weighted by molar-refractivity contribution is 5.71. The molecule has 486 valence electrons. The van der Waals surface area contributed by atoms with Crippen molar-refractivity contribution in [2.45, 2.75) is 444 Å². The molecule has 1 atom stereocenters. The van der Waals surface area contributed by atoms with E-state index in [1.54, 1.807) is 0 Å². The summed E-state index contributed by atoms with van der Waals surface area (Å²) in [7, 11) is 0. The molecule has 0 spiro atoms. The van der Waals surface area contributed by atoms with Crippen LogP contribution in [0.5, 0.6) is 0 Å². The van der Waals surface area contributed by atoms with E-state index in [1.165, 1.54) is 334 Å². The van der Waals surface area contributed by atoms with Gasteiger partial charge in [-0.3, -0.25) is 14.4 Å². The fourth-order valence-electron chi connectivity index (χ4n) is 11.9. The van der Waals surface area contributed by atoms with E-state index >= 15 is 0 Å². The first kappa shape index (κ1) is 80.2. The van der Waals surface area contributed by atoms with Crippen molar-refractivity contribution in [3.63, 3.8) is 0 Å². The van der Waals surface area contributed by atoms with Gasteiger partial charge in [-0.05, 0) is 44.9 Å². The van der Waals surface area contributed by atoms with E-state index in [0.29, 0.717) is 19.3 Å². The van der Waals surface area contributed by atoms with Crippen molar-refractivity contribution in [2.75, 3.05) is 13.2 Å². The molecular weight excluding hydrogens is 1010 g/mol. The van der Waals surface area contributed by atoms with Gasteiger partial charge in [0.25, 0.3) is 0 Å². The standard InChI is InChI=1S/C76H146O6/c1-4-7-10-13-16-19-22-25-28-30-32-33-34-35-36-37-38-39-40-41-42-44-45-48-51-54-57-60-63-66-69-75(78)81-72-73(71-80-74(77)68-65-62-59-56-53-50-47-27-24-21-18-15-12-9-6-3)82-76(79)70-67-64-61-58-55-52-49-46-43-31-29-26-23-20-17-14-11-8-5-2/h27,47,73H,4-26,28-46,48-72H2,1-3H3/b47-27-. The minimum atomic E-state index is -0.770. The van der Waals surface area contributed by atoms with Crippen molar-refractivity contribution in [1.82, 2.24) is 0 Å². The van der Waals surface area contributed by atoms with Crippen molar-refractivity contribution in [3.8, 4) is 0 Å². The number of hydrogen-bond donors (Lipinski definition) is 0. The normalized spacial score (nSPS) is 12.0. The highest BCUT2D eigenvalue weighted by Crippen LogP contribution is 2.20. The number of hydrogen-bond acceptors (Lipinski definition) is 6. The van der Waals surface area contributed by atoms with Gasteiger partial charge >= 0.3 is 17.9 Å². The molecule has 0 aliphatic carbocycles. The molecule has 0 heterocycles. The van der Waals surface area contributed by atoms with Crippen LogP contribution in [0.4, 0.5) is 0 Å². The predicted octanol–water partition coefficient (Wildman–Crippen LogP) is 26.0. The zero-order chi connectivity index (χ0) is 59.2. The average Bonchev–Trinajstić information content (AvgIpc) is 3.47. The van der Waals surface area contributed by atoms with Crippen LogP contribution in [-0.4, -0.2) is 37.2 Å². The lowest BCUT2D eigenvalue weighted by atomic mass is 10.0. The Kier molecular flexibility index (Phi) is 70.0. The van der Waals surface area contributed by atoms with Crippen LogP contribution in [0.3, 0.4) is 0 Å². The molecule has 0 aromatic rings. The van der Waals surface area contributed by atoms with E-state index in [2.05, 4.69) is 32.9 Å². The molecule has 0 aromatic carbocycles. The lowest BCUT2D eigenvalue weighted by Crippen LogP contribution is -2.30. The maximum absolute atomic E-state index is 13.0. The highest BCUT2D eigenvalue weighted by Gasteiger charge is 2.20. The summed E-state index contributed by atoms with van der Waals surface area (Å²) in [6.07, 6.45) is 86.9. The first-order valence-corrected chi connectivity index (χ1v) is 37.7. The van der Waals surface area contributed by atoms with Crippen LogP contribution in [0.15, 0.2) is 12.2 Å². The molecular formula is C76H146O6. The maximum Gasteiger partial charge on any atom is 0.306 e. The topological polar surface area (TPSA) is 78.9 Å². The van der Waals surface area contributed by atoms with Crippen LogP contribution in [0.25, 0.3) is 0 Å². The van der Waals surface area contributed by atoms with Gasteiger partial charge in [-0.15, -0.1) is 0 Å². The molecule has 0 aliphatic heterocycles. The maximum atomic E-state index is 13.0. The lowest BCUT2D eigenvalue weighted by molar-refractivity contribution is -0.167. The van der Waals surface area contributed by atoms with Crippen molar-refractivity contribution in [2.24, 2.45) is 0 Å². The van der Waals surface area contributed by atoms with Crippen LogP contribution in [-0.2, 0) is 28.6 Å². The molecule has 0 saturated carbocycles. The van der Waals surface area contributed by atoms with Crippen molar-refractivity contribution in [3.05, 3.63) is 12.2 Å². The second-order valence-electron chi connectivity index (χ2n) is 25.9. The number of unbranched alkanes of at least 4 members (excludes halogenated alkanes) is 58. The molecule has 0 rings (SSSR count). The smallest absolute Gasteiger partial charge is 0.306 e. The molecule has 6 heteroatoms. The predicted molar refractivity (Wildman–Crippen MR) is 358 cm³/mol. The Hall–Kier alpha value is -1.85. The minimum Gasteiger partial charge on any atom is -0.462 e. The number of ether oxygens (including phenoxy) is 3. The van der Waals surface area contributed by atoms with Gasteiger partial charge in [0.1, 0.15) is 13.2 Å². The van der Waals surface area contributed by atoms with E-state index in [-0.39, 0.29) is 31.1 Å². The highest BCUT2D eigenvalue weighted by atomic mass is 16.6. The van der Waals surface area contributed by atoms with E-state index in [4.69, 9.17) is 14.2 Å². The fraction of sp³-hybridized carbons (Fsp3) is 0.934. The van der Waals surface area contributed by atoms with Crippen molar-refractivity contribution < 1.29 is 28.6 Å². The van der Waals surface area contributed by atoms with Gasteiger partial charge in [0.05, 0.1) is 0 Å². The molecule has 0 saturated heterocycles. The zero-order valence-electron chi connectivity index (χ0n) is 56.1. The largest absolute Gasteiger partial charge is 0.462 e. The Morgan fingerprint density at radius 3 is 0.610 bits per heavy atom. The van der Waals surface area contributed by atoms with Crippen molar-refractivity contribution in [1.29, 1.82) is 0 Å². The minimum absolute atomic E-state index is 0.0654.